The fraction of sp³-hybridized carbons (Fsp3) is 0.550. The molecule has 0 N–H and O–H groups in total. The summed E-state index contributed by atoms with van der Waals surface area (Å²) in [6.07, 6.45) is -4.86. The molecule has 1 saturated heterocycles. The molecular weight excluding hydrogens is 395 g/mol. The molecule has 3 atom stereocenters. The molecule has 0 spiro atoms. The average Bonchev–Trinajstić information content (AvgIpc) is 2.58. The Morgan fingerprint density at radius 1 is 1.29 bits per heavy atom. The van der Waals surface area contributed by atoms with Crippen LogP contribution in [-0.4, -0.2) is 37.9 Å². The van der Waals surface area contributed by atoms with Crippen LogP contribution in [0.1, 0.15) is 32.8 Å². The predicted molar refractivity (Wildman–Crippen MR) is 102 cm³/mol. The number of halogens is 4. The maximum absolute atomic E-state index is 13.5. The van der Waals surface area contributed by atoms with Gasteiger partial charge in [0.15, 0.2) is 0 Å². The lowest BCUT2D eigenvalue weighted by Crippen LogP contribution is -2.41. The van der Waals surface area contributed by atoms with Gasteiger partial charge in [0.2, 0.25) is 6.10 Å². The molecule has 2 aliphatic heterocycles. The SMILES string of the molecule is CCOC(=O)C1=Cc2cc(Cl)c(N3CC(C)CC(C)C3)cc2OC1C(F)(F)F. The number of ether oxygens (including phenoxy) is 2. The first-order chi connectivity index (χ1) is 13.1. The quantitative estimate of drug-likeness (QED) is 0.642. The van der Waals surface area contributed by atoms with E-state index in [4.69, 9.17) is 21.1 Å². The second kappa shape index (κ2) is 7.85. The fourth-order valence-electron chi connectivity index (χ4n) is 3.93. The third-order valence-electron chi connectivity index (χ3n) is 4.94. The highest BCUT2D eigenvalue weighted by Crippen LogP contribution is 2.42. The van der Waals surface area contributed by atoms with E-state index in [2.05, 4.69) is 18.7 Å². The topological polar surface area (TPSA) is 38.8 Å². The third kappa shape index (κ3) is 4.24. The van der Waals surface area contributed by atoms with Crippen molar-refractivity contribution in [2.45, 2.75) is 39.5 Å². The Balaban J connectivity index is 2.01. The molecule has 3 rings (SSSR count). The molecule has 0 aromatic heterocycles. The highest BCUT2D eigenvalue weighted by atomic mass is 35.5. The highest BCUT2D eigenvalue weighted by molar-refractivity contribution is 6.33. The van der Waals surface area contributed by atoms with Crippen molar-refractivity contribution in [2.75, 3.05) is 24.6 Å². The summed E-state index contributed by atoms with van der Waals surface area (Å²) in [4.78, 5) is 14.1. The first kappa shape index (κ1) is 20.8. The van der Waals surface area contributed by atoms with Gasteiger partial charge in [-0.05, 0) is 37.3 Å². The van der Waals surface area contributed by atoms with Crippen molar-refractivity contribution in [2.24, 2.45) is 11.8 Å². The van der Waals surface area contributed by atoms with E-state index >= 15 is 0 Å². The standard InChI is InChI=1S/C20H23ClF3NO3/c1-4-27-19(26)14-6-13-7-15(21)16(25-9-11(2)5-12(3)10-25)8-17(13)28-18(14)20(22,23)24/h6-8,11-12,18H,4-5,9-10H2,1-3H3. The number of carbonyl (C=O) groups is 1. The molecular formula is C20H23ClF3NO3. The summed E-state index contributed by atoms with van der Waals surface area (Å²) in [6.45, 7) is 7.32. The number of anilines is 1. The number of hydrogen-bond acceptors (Lipinski definition) is 4. The van der Waals surface area contributed by atoms with E-state index in [9.17, 15) is 18.0 Å². The molecule has 0 radical (unpaired) electrons. The lowest BCUT2D eigenvalue weighted by Gasteiger charge is -2.37. The first-order valence-corrected chi connectivity index (χ1v) is 9.68. The summed E-state index contributed by atoms with van der Waals surface area (Å²) in [5, 5.41) is 0.411. The normalized spacial score (nSPS) is 24.9. The summed E-state index contributed by atoms with van der Waals surface area (Å²) in [6, 6.07) is 3.08. The Bertz CT molecular complexity index is 784. The fourth-order valence-corrected chi connectivity index (χ4v) is 4.22. The minimum Gasteiger partial charge on any atom is -0.475 e. The Hall–Kier alpha value is -1.89. The Kier molecular flexibility index (Phi) is 5.84. The number of nitrogens with zero attached hydrogens (tertiary/aromatic N) is 1. The lowest BCUT2D eigenvalue weighted by molar-refractivity contribution is -0.187. The molecule has 0 saturated carbocycles. The van der Waals surface area contributed by atoms with Crippen LogP contribution in [0, 0.1) is 11.8 Å². The Morgan fingerprint density at radius 3 is 2.50 bits per heavy atom. The van der Waals surface area contributed by atoms with Crippen molar-refractivity contribution in [3.8, 4) is 5.75 Å². The minimum atomic E-state index is -4.75. The number of esters is 1. The molecule has 1 fully saturated rings. The molecule has 1 aromatic carbocycles. The van der Waals surface area contributed by atoms with Gasteiger partial charge in [-0.25, -0.2) is 4.79 Å². The van der Waals surface area contributed by atoms with Gasteiger partial charge >= 0.3 is 12.1 Å². The van der Waals surface area contributed by atoms with Gasteiger partial charge in [0.25, 0.3) is 0 Å². The number of piperidine rings is 1. The van der Waals surface area contributed by atoms with Crippen LogP contribution in [0.25, 0.3) is 6.08 Å². The number of carbonyl (C=O) groups excluding carboxylic acids is 1. The van der Waals surface area contributed by atoms with Crippen LogP contribution in [0.3, 0.4) is 0 Å². The number of hydrogen-bond donors (Lipinski definition) is 0. The van der Waals surface area contributed by atoms with Gasteiger partial charge in [0.1, 0.15) is 5.75 Å². The van der Waals surface area contributed by atoms with Crippen molar-refractivity contribution in [3.05, 3.63) is 28.3 Å². The smallest absolute Gasteiger partial charge is 0.430 e. The van der Waals surface area contributed by atoms with E-state index in [0.717, 1.165) is 25.6 Å². The van der Waals surface area contributed by atoms with Crippen LogP contribution in [-0.2, 0) is 9.53 Å². The van der Waals surface area contributed by atoms with E-state index in [0.29, 0.717) is 28.1 Å². The lowest BCUT2D eigenvalue weighted by atomic mass is 9.91. The van der Waals surface area contributed by atoms with Crippen LogP contribution >= 0.6 is 11.6 Å². The van der Waals surface area contributed by atoms with Crippen LogP contribution in [0.15, 0.2) is 17.7 Å². The number of fused-ring (bicyclic) bond motifs is 1. The van der Waals surface area contributed by atoms with E-state index in [1.807, 2.05) is 0 Å². The Labute approximate surface area is 167 Å². The predicted octanol–water partition coefficient (Wildman–Crippen LogP) is 5.09. The monoisotopic (exact) mass is 417 g/mol. The van der Waals surface area contributed by atoms with Crippen molar-refractivity contribution in [1.82, 2.24) is 0 Å². The highest BCUT2D eigenvalue weighted by Gasteiger charge is 2.49. The maximum Gasteiger partial charge on any atom is 0.430 e. The summed E-state index contributed by atoms with van der Waals surface area (Å²) in [5.41, 5.74) is 0.397. The molecule has 154 valence electrons. The molecule has 28 heavy (non-hydrogen) atoms. The molecule has 0 bridgehead atoms. The summed E-state index contributed by atoms with van der Waals surface area (Å²) in [5.74, 6) is -0.0833. The van der Waals surface area contributed by atoms with E-state index < -0.39 is 23.8 Å². The molecule has 4 nitrogen and oxygen atoms in total. The molecule has 8 heteroatoms. The van der Waals surface area contributed by atoms with Crippen molar-refractivity contribution in [1.29, 1.82) is 0 Å². The van der Waals surface area contributed by atoms with Gasteiger partial charge in [-0.2, -0.15) is 13.2 Å². The van der Waals surface area contributed by atoms with E-state index in [1.54, 1.807) is 12.1 Å². The number of benzene rings is 1. The van der Waals surface area contributed by atoms with E-state index in [1.165, 1.54) is 6.92 Å². The molecule has 2 aliphatic rings. The Morgan fingerprint density at radius 2 is 1.93 bits per heavy atom. The van der Waals surface area contributed by atoms with Gasteiger partial charge < -0.3 is 14.4 Å². The first-order valence-electron chi connectivity index (χ1n) is 9.30. The molecule has 0 amide bonds. The van der Waals surface area contributed by atoms with Crippen LogP contribution in [0.2, 0.25) is 5.02 Å². The zero-order chi connectivity index (χ0) is 20.6. The minimum absolute atomic E-state index is 0.0291. The van der Waals surface area contributed by atoms with Gasteiger partial charge in [-0.1, -0.05) is 25.4 Å². The molecule has 0 aliphatic carbocycles. The summed E-state index contributed by atoms with van der Waals surface area (Å²) >= 11 is 6.44. The zero-order valence-corrected chi connectivity index (χ0v) is 16.7. The van der Waals surface area contributed by atoms with E-state index in [-0.39, 0.29) is 12.4 Å². The zero-order valence-electron chi connectivity index (χ0n) is 16.0. The maximum atomic E-state index is 13.5. The molecule has 3 unspecified atom stereocenters. The van der Waals surface area contributed by atoms with Gasteiger partial charge in [-0.3, -0.25) is 0 Å². The van der Waals surface area contributed by atoms with Crippen molar-refractivity contribution in [3.63, 3.8) is 0 Å². The molecule has 2 heterocycles. The summed E-state index contributed by atoms with van der Waals surface area (Å²) in [7, 11) is 0. The largest absolute Gasteiger partial charge is 0.475 e. The van der Waals surface area contributed by atoms with Crippen molar-refractivity contribution < 1.29 is 27.4 Å². The number of alkyl halides is 3. The molecule has 1 aromatic rings. The average molecular weight is 418 g/mol. The second-order valence-electron chi connectivity index (χ2n) is 7.55. The number of rotatable bonds is 3. The van der Waals surface area contributed by atoms with Crippen molar-refractivity contribution >= 4 is 29.3 Å². The third-order valence-corrected chi connectivity index (χ3v) is 5.24. The van der Waals surface area contributed by atoms with Gasteiger partial charge in [-0.15, -0.1) is 0 Å². The summed E-state index contributed by atoms with van der Waals surface area (Å²) < 4.78 is 50.5. The van der Waals surface area contributed by atoms with Crippen LogP contribution in [0.4, 0.5) is 18.9 Å². The van der Waals surface area contributed by atoms with Crippen LogP contribution < -0.4 is 9.64 Å². The van der Waals surface area contributed by atoms with Crippen LogP contribution in [0.5, 0.6) is 5.75 Å². The second-order valence-corrected chi connectivity index (χ2v) is 7.96. The van der Waals surface area contributed by atoms with Gasteiger partial charge in [0, 0.05) is 24.7 Å². The van der Waals surface area contributed by atoms with Gasteiger partial charge in [0.05, 0.1) is 22.9 Å².